The number of hydrogen-bond acceptors (Lipinski definition) is 2. The van der Waals surface area contributed by atoms with Crippen molar-refractivity contribution in [1.82, 2.24) is 9.88 Å². The van der Waals surface area contributed by atoms with Crippen molar-refractivity contribution in [2.24, 2.45) is 0 Å². The summed E-state index contributed by atoms with van der Waals surface area (Å²) in [5, 5.41) is 8.53. The van der Waals surface area contributed by atoms with Crippen LogP contribution in [-0.4, -0.2) is 10.6 Å². The average molecular weight is 615 g/mol. The van der Waals surface area contributed by atoms with E-state index in [1.165, 1.54) is 38.6 Å². The molecule has 6 aromatic carbocycles. The highest BCUT2D eigenvalue weighted by atomic mass is 16.3. The Hall–Kier alpha value is -6.32. The maximum absolute atomic E-state index is 6.86. The predicted octanol–water partition coefficient (Wildman–Crippen LogP) is 11.2. The zero-order valence-corrected chi connectivity index (χ0v) is 26.1. The van der Waals surface area contributed by atoms with E-state index in [0.717, 1.165) is 49.9 Å². The predicted molar refractivity (Wildman–Crippen MR) is 200 cm³/mol. The van der Waals surface area contributed by atoms with Crippen LogP contribution < -0.4 is 5.32 Å². The number of hydrogen-bond donors (Lipinski definition) is 1. The molecule has 2 aromatic heterocycles. The third-order valence-electron chi connectivity index (χ3n) is 9.84. The lowest BCUT2D eigenvalue weighted by molar-refractivity contribution is 0.666. The molecule has 0 saturated carbocycles. The molecule has 10 rings (SSSR count). The van der Waals surface area contributed by atoms with Crippen LogP contribution in [-0.2, 0) is 0 Å². The standard InChI is InChI=1S/C45H30N2O/c1-3-14-29(15-4-1)31-20-11-25-40-43(31)34-19-8-10-24-39(34)47(40)41-26-12-22-35-44-33(21-13-27-42(44)48-45(35)41)38-28-36(30-16-5-2-6-17-30)32-18-7-9-23-37(32)46-38/h1-28,37,46H. The molecule has 0 spiro atoms. The molecule has 0 saturated heterocycles. The first-order chi connectivity index (χ1) is 23.8. The molecule has 8 aromatic rings. The second-order valence-corrected chi connectivity index (χ2v) is 12.5. The number of furan rings is 1. The van der Waals surface area contributed by atoms with Gasteiger partial charge >= 0.3 is 0 Å². The van der Waals surface area contributed by atoms with Gasteiger partial charge in [0.25, 0.3) is 0 Å². The monoisotopic (exact) mass is 614 g/mol. The van der Waals surface area contributed by atoms with Gasteiger partial charge in [-0.1, -0.05) is 140 Å². The number of benzene rings is 6. The van der Waals surface area contributed by atoms with Crippen LogP contribution in [0.2, 0.25) is 0 Å². The second kappa shape index (κ2) is 10.6. The molecular formula is C45H30N2O. The summed E-state index contributed by atoms with van der Waals surface area (Å²) in [6.07, 6.45) is 11.0. The Bertz CT molecular complexity index is 2680. The van der Waals surface area contributed by atoms with Crippen molar-refractivity contribution in [1.29, 1.82) is 0 Å². The van der Waals surface area contributed by atoms with Crippen molar-refractivity contribution < 1.29 is 4.42 Å². The molecule has 0 amide bonds. The zero-order valence-electron chi connectivity index (χ0n) is 26.1. The number of aromatic nitrogens is 1. The number of nitrogens with one attached hydrogen (secondary N) is 1. The first kappa shape index (κ1) is 26.9. The normalized spacial score (nSPS) is 15.8. The van der Waals surface area contributed by atoms with Crippen molar-refractivity contribution in [3.63, 3.8) is 0 Å². The number of rotatable bonds is 4. The lowest BCUT2D eigenvalue weighted by atomic mass is 9.87. The smallest absolute Gasteiger partial charge is 0.159 e. The van der Waals surface area contributed by atoms with Crippen LogP contribution in [0.4, 0.5) is 0 Å². The van der Waals surface area contributed by atoms with E-state index in [1.54, 1.807) is 0 Å². The average Bonchev–Trinajstić information content (AvgIpc) is 3.71. The minimum Gasteiger partial charge on any atom is -0.454 e. The summed E-state index contributed by atoms with van der Waals surface area (Å²) in [5.74, 6) is 0. The summed E-state index contributed by atoms with van der Waals surface area (Å²) in [6, 6.07) is 49.7. The molecule has 2 aliphatic rings. The lowest BCUT2D eigenvalue weighted by Gasteiger charge is -2.29. The van der Waals surface area contributed by atoms with E-state index in [0.29, 0.717) is 0 Å². The van der Waals surface area contributed by atoms with E-state index in [2.05, 4.69) is 180 Å². The summed E-state index contributed by atoms with van der Waals surface area (Å²) in [4.78, 5) is 0. The minimum absolute atomic E-state index is 0.0885. The second-order valence-electron chi connectivity index (χ2n) is 12.5. The number of nitrogens with zero attached hydrogens (tertiary/aromatic N) is 1. The molecule has 3 nitrogen and oxygen atoms in total. The topological polar surface area (TPSA) is 30.1 Å². The molecule has 1 N–H and O–H groups in total. The van der Waals surface area contributed by atoms with Gasteiger partial charge in [-0.2, -0.15) is 0 Å². The highest BCUT2D eigenvalue weighted by Gasteiger charge is 2.26. The van der Waals surface area contributed by atoms with Crippen LogP contribution >= 0.6 is 0 Å². The van der Waals surface area contributed by atoms with Gasteiger partial charge in [0.05, 0.1) is 22.8 Å². The van der Waals surface area contributed by atoms with Gasteiger partial charge in [-0.25, -0.2) is 0 Å². The minimum atomic E-state index is 0.0885. The third-order valence-corrected chi connectivity index (χ3v) is 9.84. The molecule has 1 aliphatic heterocycles. The van der Waals surface area contributed by atoms with Gasteiger partial charge in [0, 0.05) is 32.8 Å². The first-order valence-electron chi connectivity index (χ1n) is 16.5. The van der Waals surface area contributed by atoms with Crippen LogP contribution in [0.15, 0.2) is 180 Å². The molecule has 1 aliphatic carbocycles. The summed E-state index contributed by atoms with van der Waals surface area (Å²) in [7, 11) is 0. The van der Waals surface area contributed by atoms with Crippen LogP contribution in [0.25, 0.3) is 71.8 Å². The van der Waals surface area contributed by atoms with Gasteiger partial charge in [0.2, 0.25) is 0 Å². The molecule has 3 heteroatoms. The van der Waals surface area contributed by atoms with Crippen molar-refractivity contribution in [2.75, 3.05) is 0 Å². The quantitative estimate of drug-likeness (QED) is 0.214. The van der Waals surface area contributed by atoms with Gasteiger partial charge in [0.1, 0.15) is 5.58 Å². The maximum Gasteiger partial charge on any atom is 0.159 e. The van der Waals surface area contributed by atoms with Gasteiger partial charge in [0.15, 0.2) is 5.58 Å². The molecule has 3 heterocycles. The Kier molecular flexibility index (Phi) is 5.94. The lowest BCUT2D eigenvalue weighted by Crippen LogP contribution is -2.31. The van der Waals surface area contributed by atoms with Crippen molar-refractivity contribution >= 4 is 55.0 Å². The van der Waals surface area contributed by atoms with Crippen LogP contribution in [0.1, 0.15) is 11.1 Å². The molecule has 226 valence electrons. The van der Waals surface area contributed by atoms with Crippen LogP contribution in [0.5, 0.6) is 0 Å². The van der Waals surface area contributed by atoms with Gasteiger partial charge in [-0.15, -0.1) is 0 Å². The molecule has 0 radical (unpaired) electrons. The molecule has 1 unspecified atom stereocenters. The molecule has 0 fully saturated rings. The molecular weight excluding hydrogens is 585 g/mol. The first-order valence-corrected chi connectivity index (χ1v) is 16.5. The fraction of sp³-hybridized carbons (Fsp3) is 0.0222. The number of para-hydroxylation sites is 2. The Morgan fingerprint density at radius 3 is 2.15 bits per heavy atom. The number of fused-ring (bicyclic) bond motifs is 7. The van der Waals surface area contributed by atoms with E-state index in [1.807, 2.05) is 0 Å². The summed E-state index contributed by atoms with van der Waals surface area (Å²) < 4.78 is 9.23. The molecule has 48 heavy (non-hydrogen) atoms. The SMILES string of the molecule is C1=CC2=C(c3ccccc3)C=C(c3cccc4oc5c(-n6c7ccccc7c7c(-c8ccccc8)cccc76)cccc5c34)NC2C=C1. The van der Waals surface area contributed by atoms with Gasteiger partial charge in [-0.05, 0) is 58.2 Å². The fourth-order valence-electron chi connectivity index (χ4n) is 7.76. The van der Waals surface area contributed by atoms with Crippen LogP contribution in [0.3, 0.4) is 0 Å². The van der Waals surface area contributed by atoms with E-state index in [-0.39, 0.29) is 6.04 Å². The Labute approximate surface area is 278 Å². The number of allylic oxidation sites excluding steroid dienone is 4. The van der Waals surface area contributed by atoms with Crippen molar-refractivity contribution in [2.45, 2.75) is 6.04 Å². The Morgan fingerprint density at radius 1 is 0.562 bits per heavy atom. The van der Waals surface area contributed by atoms with Crippen molar-refractivity contribution in [3.05, 3.63) is 187 Å². The highest BCUT2D eigenvalue weighted by molar-refractivity contribution is 6.18. The Morgan fingerprint density at radius 2 is 1.27 bits per heavy atom. The summed E-state index contributed by atoms with van der Waals surface area (Å²) >= 11 is 0. The summed E-state index contributed by atoms with van der Waals surface area (Å²) in [5.41, 5.74) is 13.5. The van der Waals surface area contributed by atoms with E-state index >= 15 is 0 Å². The fourth-order valence-corrected chi connectivity index (χ4v) is 7.76. The maximum atomic E-state index is 6.86. The van der Waals surface area contributed by atoms with Gasteiger partial charge in [-0.3, -0.25) is 0 Å². The zero-order chi connectivity index (χ0) is 31.6. The summed E-state index contributed by atoms with van der Waals surface area (Å²) in [6.45, 7) is 0. The van der Waals surface area contributed by atoms with E-state index in [9.17, 15) is 0 Å². The Balaban J connectivity index is 1.22. The van der Waals surface area contributed by atoms with E-state index < -0.39 is 0 Å². The highest BCUT2D eigenvalue weighted by Crippen LogP contribution is 2.43. The van der Waals surface area contributed by atoms with E-state index in [4.69, 9.17) is 4.42 Å². The third kappa shape index (κ3) is 4.01. The molecule has 0 bridgehead atoms. The number of dihydropyridines is 1. The molecule has 1 atom stereocenters. The van der Waals surface area contributed by atoms with Gasteiger partial charge < -0.3 is 14.3 Å². The van der Waals surface area contributed by atoms with Crippen LogP contribution in [0, 0.1) is 0 Å². The van der Waals surface area contributed by atoms with Crippen molar-refractivity contribution in [3.8, 4) is 16.8 Å². The largest absolute Gasteiger partial charge is 0.454 e.